The summed E-state index contributed by atoms with van der Waals surface area (Å²) in [4.78, 5) is 22.0. The molecule has 3 atom stereocenters. The standard InChI is InChI=1S/C20H25BrClN3O/c1-13-10-15(14-2-3-14)12-23-19(13)24-6-8-25(9-7-24)20(26)17-5-4-16(22)11-18(17)21/h4-5,10,12,14,16-18H,2-3,6-9,11H2,1H3. The van der Waals surface area contributed by atoms with Gasteiger partial charge in [0.1, 0.15) is 5.82 Å². The number of pyridine rings is 1. The topological polar surface area (TPSA) is 36.4 Å². The normalized spacial score (nSPS) is 29.1. The lowest BCUT2D eigenvalue weighted by atomic mass is 9.94. The molecule has 0 spiro atoms. The first-order valence-corrected chi connectivity index (χ1v) is 10.8. The van der Waals surface area contributed by atoms with Crippen molar-refractivity contribution in [3.63, 3.8) is 0 Å². The van der Waals surface area contributed by atoms with E-state index >= 15 is 0 Å². The molecule has 0 bridgehead atoms. The van der Waals surface area contributed by atoms with Crippen LogP contribution < -0.4 is 4.90 Å². The van der Waals surface area contributed by atoms with Gasteiger partial charge in [0, 0.05) is 37.2 Å². The van der Waals surface area contributed by atoms with Gasteiger partial charge in [-0.05, 0) is 43.2 Å². The Kier molecular flexibility index (Phi) is 5.29. The molecule has 0 radical (unpaired) electrons. The average molecular weight is 439 g/mol. The van der Waals surface area contributed by atoms with Crippen molar-refractivity contribution in [2.75, 3.05) is 31.1 Å². The lowest BCUT2D eigenvalue weighted by molar-refractivity contribution is -0.134. The van der Waals surface area contributed by atoms with Crippen LogP contribution in [0.3, 0.4) is 0 Å². The molecule has 2 aliphatic carbocycles. The van der Waals surface area contributed by atoms with E-state index in [4.69, 9.17) is 16.6 Å². The molecule has 26 heavy (non-hydrogen) atoms. The first-order chi connectivity index (χ1) is 12.5. The first-order valence-electron chi connectivity index (χ1n) is 9.49. The molecule has 1 aliphatic heterocycles. The van der Waals surface area contributed by atoms with Crippen LogP contribution in [0.2, 0.25) is 0 Å². The number of alkyl halides is 2. The average Bonchev–Trinajstić information content (AvgIpc) is 3.46. The minimum atomic E-state index is -0.103. The van der Waals surface area contributed by atoms with Crippen molar-refractivity contribution < 1.29 is 4.79 Å². The summed E-state index contributed by atoms with van der Waals surface area (Å²) in [6.07, 6.45) is 9.36. The van der Waals surface area contributed by atoms with Crippen LogP contribution in [0.15, 0.2) is 24.4 Å². The lowest BCUT2D eigenvalue weighted by Gasteiger charge is -2.38. The van der Waals surface area contributed by atoms with Crippen molar-refractivity contribution in [1.82, 2.24) is 9.88 Å². The summed E-state index contributed by atoms with van der Waals surface area (Å²) in [6.45, 7) is 5.32. The Morgan fingerprint density at radius 2 is 1.96 bits per heavy atom. The number of allylic oxidation sites excluding steroid dienone is 1. The second kappa shape index (κ2) is 7.51. The monoisotopic (exact) mass is 437 g/mol. The van der Waals surface area contributed by atoms with Crippen LogP contribution in [-0.4, -0.2) is 52.2 Å². The minimum Gasteiger partial charge on any atom is -0.353 e. The molecule has 0 N–H and O–H groups in total. The zero-order valence-electron chi connectivity index (χ0n) is 15.1. The number of aryl methyl sites for hydroxylation is 1. The summed E-state index contributed by atoms with van der Waals surface area (Å²) in [6, 6.07) is 2.29. The van der Waals surface area contributed by atoms with Crippen LogP contribution in [0.25, 0.3) is 0 Å². The van der Waals surface area contributed by atoms with Crippen LogP contribution >= 0.6 is 27.5 Å². The van der Waals surface area contributed by atoms with E-state index in [1.54, 1.807) is 0 Å². The van der Waals surface area contributed by atoms with Gasteiger partial charge in [-0.15, -0.1) is 11.6 Å². The van der Waals surface area contributed by atoms with E-state index in [-0.39, 0.29) is 22.0 Å². The maximum atomic E-state index is 12.9. The molecular weight excluding hydrogens is 414 g/mol. The summed E-state index contributed by atoms with van der Waals surface area (Å²) in [5.74, 6) is 1.91. The second-order valence-corrected chi connectivity index (χ2v) is 9.41. The number of rotatable bonds is 3. The Balaban J connectivity index is 1.38. The molecule has 1 amide bonds. The number of anilines is 1. The van der Waals surface area contributed by atoms with Gasteiger partial charge in [-0.1, -0.05) is 34.1 Å². The quantitative estimate of drug-likeness (QED) is 0.531. The Bertz CT molecular complexity index is 713. The van der Waals surface area contributed by atoms with Crippen molar-refractivity contribution in [3.05, 3.63) is 35.5 Å². The minimum absolute atomic E-state index is 0.0212. The van der Waals surface area contributed by atoms with E-state index in [9.17, 15) is 4.79 Å². The number of carbonyl (C=O) groups excluding carboxylic acids is 1. The number of piperazine rings is 1. The van der Waals surface area contributed by atoms with E-state index in [1.807, 2.05) is 23.2 Å². The predicted octanol–water partition coefficient (Wildman–Crippen LogP) is 3.86. The molecule has 6 heteroatoms. The zero-order chi connectivity index (χ0) is 18.3. The predicted molar refractivity (Wildman–Crippen MR) is 109 cm³/mol. The second-order valence-electron chi connectivity index (χ2n) is 7.67. The molecular formula is C20H25BrClN3O. The zero-order valence-corrected chi connectivity index (χ0v) is 17.4. The van der Waals surface area contributed by atoms with Gasteiger partial charge in [0.25, 0.3) is 0 Å². The number of amides is 1. The Labute approximate surface area is 168 Å². The third-order valence-electron chi connectivity index (χ3n) is 5.66. The molecule has 4 nitrogen and oxygen atoms in total. The first kappa shape index (κ1) is 18.3. The summed E-state index contributed by atoms with van der Waals surface area (Å²) in [5, 5.41) is 0.0212. The van der Waals surface area contributed by atoms with Crippen molar-refractivity contribution in [1.29, 1.82) is 0 Å². The van der Waals surface area contributed by atoms with Crippen LogP contribution in [0.4, 0.5) is 5.82 Å². The van der Waals surface area contributed by atoms with E-state index in [0.717, 1.165) is 44.3 Å². The molecule has 1 saturated heterocycles. The number of nitrogens with zero attached hydrogens (tertiary/aromatic N) is 3. The molecule has 1 saturated carbocycles. The highest BCUT2D eigenvalue weighted by molar-refractivity contribution is 9.09. The smallest absolute Gasteiger partial charge is 0.230 e. The lowest BCUT2D eigenvalue weighted by Crippen LogP contribution is -2.51. The Hall–Kier alpha value is -1.07. The third-order valence-corrected chi connectivity index (χ3v) is 6.93. The number of hydrogen-bond acceptors (Lipinski definition) is 3. The summed E-state index contributed by atoms with van der Waals surface area (Å²) >= 11 is 9.79. The van der Waals surface area contributed by atoms with Crippen molar-refractivity contribution in [3.8, 4) is 0 Å². The number of aromatic nitrogens is 1. The fourth-order valence-corrected chi connectivity index (χ4v) is 5.24. The van der Waals surface area contributed by atoms with Gasteiger partial charge in [-0.25, -0.2) is 4.98 Å². The fraction of sp³-hybridized carbons (Fsp3) is 0.600. The van der Waals surface area contributed by atoms with Gasteiger partial charge < -0.3 is 9.80 Å². The summed E-state index contributed by atoms with van der Waals surface area (Å²) < 4.78 is 0. The largest absolute Gasteiger partial charge is 0.353 e. The molecule has 0 aromatic carbocycles. The molecule has 3 unspecified atom stereocenters. The molecule has 3 aliphatic rings. The maximum Gasteiger partial charge on any atom is 0.230 e. The molecule has 2 heterocycles. The van der Waals surface area contributed by atoms with Crippen LogP contribution in [0.5, 0.6) is 0 Å². The molecule has 1 aromatic heterocycles. The van der Waals surface area contributed by atoms with E-state index in [2.05, 4.69) is 33.8 Å². The number of hydrogen-bond donors (Lipinski definition) is 0. The van der Waals surface area contributed by atoms with Gasteiger partial charge in [-0.3, -0.25) is 4.79 Å². The van der Waals surface area contributed by atoms with E-state index in [1.165, 1.54) is 24.0 Å². The molecule has 2 fully saturated rings. The van der Waals surface area contributed by atoms with Crippen molar-refractivity contribution >= 4 is 39.3 Å². The highest BCUT2D eigenvalue weighted by Gasteiger charge is 2.33. The SMILES string of the molecule is Cc1cc(C2CC2)cnc1N1CCN(C(=O)C2C=CC(Cl)CC2Br)CC1. The van der Waals surface area contributed by atoms with Crippen LogP contribution in [-0.2, 0) is 4.79 Å². The van der Waals surface area contributed by atoms with E-state index in [0.29, 0.717) is 0 Å². The molecule has 4 rings (SSSR count). The Morgan fingerprint density at radius 1 is 1.23 bits per heavy atom. The van der Waals surface area contributed by atoms with Gasteiger partial charge in [0.2, 0.25) is 5.91 Å². The van der Waals surface area contributed by atoms with Crippen molar-refractivity contribution in [2.45, 2.75) is 42.3 Å². The molecule has 1 aromatic rings. The third kappa shape index (κ3) is 3.79. The van der Waals surface area contributed by atoms with Crippen LogP contribution in [0, 0.1) is 12.8 Å². The molecule has 140 valence electrons. The van der Waals surface area contributed by atoms with Gasteiger partial charge >= 0.3 is 0 Å². The highest BCUT2D eigenvalue weighted by atomic mass is 79.9. The van der Waals surface area contributed by atoms with Gasteiger partial charge in [-0.2, -0.15) is 0 Å². The van der Waals surface area contributed by atoms with Gasteiger partial charge in [0.15, 0.2) is 0 Å². The highest BCUT2D eigenvalue weighted by Crippen LogP contribution is 2.40. The number of carbonyl (C=O) groups is 1. The number of halogens is 2. The van der Waals surface area contributed by atoms with Crippen molar-refractivity contribution in [2.24, 2.45) is 5.92 Å². The fourth-order valence-electron chi connectivity index (χ4n) is 3.95. The van der Waals surface area contributed by atoms with Gasteiger partial charge in [0.05, 0.1) is 11.3 Å². The summed E-state index contributed by atoms with van der Waals surface area (Å²) in [5.41, 5.74) is 2.63. The van der Waals surface area contributed by atoms with E-state index < -0.39 is 0 Å². The summed E-state index contributed by atoms with van der Waals surface area (Å²) in [7, 11) is 0. The maximum absolute atomic E-state index is 12.9. The Morgan fingerprint density at radius 3 is 2.58 bits per heavy atom. The van der Waals surface area contributed by atoms with Crippen LogP contribution in [0.1, 0.15) is 36.3 Å².